The SMILES string of the molecule is O=C(NCc1ccccc1Cl)c1ccccc1Oc1ccccc1. The van der Waals surface area contributed by atoms with Crippen LogP contribution in [-0.4, -0.2) is 5.91 Å². The molecule has 0 aliphatic rings. The normalized spacial score (nSPS) is 10.2. The molecule has 0 saturated carbocycles. The van der Waals surface area contributed by atoms with Gasteiger partial charge in [0.25, 0.3) is 5.91 Å². The highest BCUT2D eigenvalue weighted by molar-refractivity contribution is 6.31. The summed E-state index contributed by atoms with van der Waals surface area (Å²) in [7, 11) is 0. The van der Waals surface area contributed by atoms with E-state index in [2.05, 4.69) is 5.32 Å². The Morgan fingerprint density at radius 3 is 2.33 bits per heavy atom. The Labute approximate surface area is 145 Å². The number of hydrogen-bond donors (Lipinski definition) is 1. The number of amides is 1. The molecule has 0 bridgehead atoms. The minimum absolute atomic E-state index is 0.207. The van der Waals surface area contributed by atoms with Crippen LogP contribution < -0.4 is 10.1 Å². The van der Waals surface area contributed by atoms with Crippen molar-refractivity contribution in [3.8, 4) is 11.5 Å². The molecular weight excluding hydrogens is 322 g/mol. The molecule has 1 amide bonds. The van der Waals surface area contributed by atoms with Crippen LogP contribution in [-0.2, 0) is 6.54 Å². The van der Waals surface area contributed by atoms with Gasteiger partial charge in [-0.1, -0.05) is 60.1 Å². The molecule has 3 aromatic rings. The van der Waals surface area contributed by atoms with Crippen molar-refractivity contribution in [3.63, 3.8) is 0 Å². The first-order chi connectivity index (χ1) is 11.7. The highest BCUT2D eigenvalue weighted by atomic mass is 35.5. The fraction of sp³-hybridized carbons (Fsp3) is 0.0500. The van der Waals surface area contributed by atoms with Crippen molar-refractivity contribution in [2.45, 2.75) is 6.54 Å². The summed E-state index contributed by atoms with van der Waals surface area (Å²) in [4.78, 5) is 12.5. The smallest absolute Gasteiger partial charge is 0.255 e. The third-order valence-corrected chi connectivity index (χ3v) is 3.87. The van der Waals surface area contributed by atoms with Gasteiger partial charge in [0.15, 0.2) is 0 Å². The molecule has 4 heteroatoms. The monoisotopic (exact) mass is 337 g/mol. The summed E-state index contributed by atoms with van der Waals surface area (Å²) in [5, 5.41) is 3.51. The number of benzene rings is 3. The van der Waals surface area contributed by atoms with Crippen molar-refractivity contribution in [2.75, 3.05) is 0 Å². The summed E-state index contributed by atoms with van der Waals surface area (Å²) >= 11 is 6.12. The minimum Gasteiger partial charge on any atom is -0.457 e. The van der Waals surface area contributed by atoms with Crippen LogP contribution in [0.15, 0.2) is 78.9 Å². The Kier molecular flexibility index (Phi) is 5.14. The first-order valence-electron chi connectivity index (χ1n) is 7.57. The van der Waals surface area contributed by atoms with Gasteiger partial charge in [0.2, 0.25) is 0 Å². The zero-order valence-corrected chi connectivity index (χ0v) is 13.7. The predicted molar refractivity (Wildman–Crippen MR) is 95.6 cm³/mol. The van der Waals surface area contributed by atoms with Gasteiger partial charge in [0, 0.05) is 11.6 Å². The Balaban J connectivity index is 1.74. The average molecular weight is 338 g/mol. The van der Waals surface area contributed by atoms with Crippen LogP contribution in [0.3, 0.4) is 0 Å². The summed E-state index contributed by atoms with van der Waals surface area (Å²) in [5.74, 6) is 0.991. The Morgan fingerprint density at radius 2 is 1.54 bits per heavy atom. The van der Waals surface area contributed by atoms with E-state index < -0.39 is 0 Å². The second kappa shape index (κ2) is 7.66. The Morgan fingerprint density at radius 1 is 0.875 bits per heavy atom. The van der Waals surface area contributed by atoms with E-state index in [1.165, 1.54) is 0 Å². The van der Waals surface area contributed by atoms with Crippen LogP contribution in [0.2, 0.25) is 5.02 Å². The van der Waals surface area contributed by atoms with E-state index in [-0.39, 0.29) is 5.91 Å². The molecule has 0 spiro atoms. The topological polar surface area (TPSA) is 38.3 Å². The molecule has 3 nitrogen and oxygen atoms in total. The maximum absolute atomic E-state index is 12.5. The van der Waals surface area contributed by atoms with E-state index in [4.69, 9.17) is 16.3 Å². The molecule has 0 heterocycles. The molecule has 0 aromatic heterocycles. The van der Waals surface area contributed by atoms with Gasteiger partial charge in [-0.2, -0.15) is 0 Å². The van der Waals surface area contributed by atoms with Gasteiger partial charge in [-0.3, -0.25) is 4.79 Å². The number of carbonyl (C=O) groups excluding carboxylic acids is 1. The van der Waals surface area contributed by atoms with Crippen LogP contribution in [0.4, 0.5) is 0 Å². The summed E-state index contributed by atoms with van der Waals surface area (Å²) in [6.45, 7) is 0.359. The first-order valence-corrected chi connectivity index (χ1v) is 7.95. The first kappa shape index (κ1) is 16.1. The molecule has 1 N–H and O–H groups in total. The number of ether oxygens (including phenoxy) is 1. The number of hydrogen-bond acceptors (Lipinski definition) is 2. The number of nitrogens with one attached hydrogen (secondary N) is 1. The number of rotatable bonds is 5. The fourth-order valence-electron chi connectivity index (χ4n) is 2.27. The molecule has 0 radical (unpaired) electrons. The van der Waals surface area contributed by atoms with E-state index in [0.29, 0.717) is 28.6 Å². The second-order valence-corrected chi connectivity index (χ2v) is 5.59. The lowest BCUT2D eigenvalue weighted by atomic mass is 10.1. The van der Waals surface area contributed by atoms with Crippen molar-refractivity contribution in [3.05, 3.63) is 95.0 Å². The largest absolute Gasteiger partial charge is 0.457 e. The van der Waals surface area contributed by atoms with Gasteiger partial charge in [-0.05, 0) is 35.9 Å². The molecule has 0 fully saturated rings. The summed E-state index contributed by atoms with van der Waals surface area (Å²) < 4.78 is 5.82. The van der Waals surface area contributed by atoms with Crippen molar-refractivity contribution in [1.82, 2.24) is 5.32 Å². The number of carbonyl (C=O) groups is 1. The van der Waals surface area contributed by atoms with Crippen molar-refractivity contribution < 1.29 is 9.53 Å². The van der Waals surface area contributed by atoms with Crippen molar-refractivity contribution >= 4 is 17.5 Å². The average Bonchev–Trinajstić information content (AvgIpc) is 2.62. The third kappa shape index (κ3) is 3.94. The van der Waals surface area contributed by atoms with Crippen LogP contribution in [0.1, 0.15) is 15.9 Å². The molecule has 0 saturated heterocycles. The standard InChI is InChI=1S/C20H16ClNO2/c21-18-12-6-4-8-15(18)14-22-20(23)17-11-5-7-13-19(17)24-16-9-2-1-3-10-16/h1-13H,14H2,(H,22,23). The Bertz CT molecular complexity index is 834. The van der Waals surface area contributed by atoms with Crippen molar-refractivity contribution in [1.29, 1.82) is 0 Å². The van der Waals surface area contributed by atoms with E-state index in [0.717, 1.165) is 5.56 Å². The van der Waals surface area contributed by atoms with Crippen LogP contribution in [0.5, 0.6) is 11.5 Å². The molecule has 3 aromatic carbocycles. The van der Waals surface area contributed by atoms with E-state index in [1.807, 2.05) is 60.7 Å². The maximum atomic E-state index is 12.5. The van der Waals surface area contributed by atoms with E-state index >= 15 is 0 Å². The summed E-state index contributed by atoms with van der Waals surface area (Å²) in [6, 6.07) is 24.0. The second-order valence-electron chi connectivity index (χ2n) is 5.19. The lowest BCUT2D eigenvalue weighted by Crippen LogP contribution is -2.23. The highest BCUT2D eigenvalue weighted by Crippen LogP contribution is 2.25. The summed E-state index contributed by atoms with van der Waals surface area (Å²) in [5.41, 5.74) is 1.35. The van der Waals surface area contributed by atoms with Gasteiger partial charge in [0.1, 0.15) is 11.5 Å². The molecule has 120 valence electrons. The van der Waals surface area contributed by atoms with Crippen LogP contribution in [0.25, 0.3) is 0 Å². The van der Waals surface area contributed by atoms with Crippen molar-refractivity contribution in [2.24, 2.45) is 0 Å². The zero-order valence-electron chi connectivity index (χ0n) is 12.9. The molecule has 3 rings (SSSR count). The minimum atomic E-state index is -0.207. The lowest BCUT2D eigenvalue weighted by molar-refractivity contribution is 0.0948. The molecule has 0 atom stereocenters. The van der Waals surface area contributed by atoms with Gasteiger partial charge >= 0.3 is 0 Å². The number of halogens is 1. The summed E-state index contributed by atoms with van der Waals surface area (Å²) in [6.07, 6.45) is 0. The zero-order chi connectivity index (χ0) is 16.8. The molecule has 0 unspecified atom stereocenters. The van der Waals surface area contributed by atoms with Crippen LogP contribution in [0, 0.1) is 0 Å². The number of para-hydroxylation sites is 2. The van der Waals surface area contributed by atoms with Gasteiger partial charge in [-0.25, -0.2) is 0 Å². The van der Waals surface area contributed by atoms with Gasteiger partial charge < -0.3 is 10.1 Å². The third-order valence-electron chi connectivity index (χ3n) is 3.50. The van der Waals surface area contributed by atoms with Gasteiger partial charge in [-0.15, -0.1) is 0 Å². The quantitative estimate of drug-likeness (QED) is 0.706. The molecule has 0 aliphatic carbocycles. The van der Waals surface area contributed by atoms with E-state index in [1.54, 1.807) is 18.2 Å². The predicted octanol–water partition coefficient (Wildman–Crippen LogP) is 5.06. The Hall–Kier alpha value is -2.78. The molecule has 24 heavy (non-hydrogen) atoms. The fourth-order valence-corrected chi connectivity index (χ4v) is 2.47. The maximum Gasteiger partial charge on any atom is 0.255 e. The lowest BCUT2D eigenvalue weighted by Gasteiger charge is -2.12. The molecular formula is C20H16ClNO2. The van der Waals surface area contributed by atoms with Crippen LogP contribution >= 0.6 is 11.6 Å². The van der Waals surface area contributed by atoms with Gasteiger partial charge in [0.05, 0.1) is 5.56 Å². The highest BCUT2D eigenvalue weighted by Gasteiger charge is 2.13. The van der Waals surface area contributed by atoms with E-state index in [9.17, 15) is 4.79 Å². The molecule has 0 aliphatic heterocycles.